The molecule has 100 valence electrons. The molecule has 1 heterocycles. The van der Waals surface area contributed by atoms with E-state index in [1.54, 1.807) is 7.05 Å². The van der Waals surface area contributed by atoms with Gasteiger partial charge in [0, 0.05) is 0 Å². The molecule has 2 amide bonds. The summed E-state index contributed by atoms with van der Waals surface area (Å²) < 4.78 is 0. The number of carboxylic acid groups (broad SMARTS) is 1. The zero-order chi connectivity index (χ0) is 13.8. The number of tetrazole rings is 1. The zero-order valence-electron chi connectivity index (χ0n) is 10.5. The number of aryl methyl sites for hydroxylation is 1. The summed E-state index contributed by atoms with van der Waals surface area (Å²) in [6.45, 7) is 3.29. The van der Waals surface area contributed by atoms with E-state index in [0.29, 0.717) is 12.8 Å². The maximum absolute atomic E-state index is 11.6. The molecule has 1 atom stereocenters. The van der Waals surface area contributed by atoms with Crippen molar-refractivity contribution in [2.45, 2.75) is 32.2 Å². The van der Waals surface area contributed by atoms with Crippen molar-refractivity contribution in [1.29, 1.82) is 0 Å². The number of hydrogen-bond acceptors (Lipinski definition) is 5. The van der Waals surface area contributed by atoms with Gasteiger partial charge in [-0.2, -0.15) is 4.80 Å². The highest BCUT2D eigenvalue weighted by Gasteiger charge is 2.34. The van der Waals surface area contributed by atoms with E-state index in [9.17, 15) is 9.59 Å². The van der Waals surface area contributed by atoms with E-state index in [4.69, 9.17) is 5.11 Å². The highest BCUT2D eigenvalue weighted by atomic mass is 16.4. The van der Waals surface area contributed by atoms with Gasteiger partial charge in [-0.1, -0.05) is 18.4 Å². The molecule has 0 aromatic carbocycles. The monoisotopic (exact) mass is 256 g/mol. The molecule has 1 unspecified atom stereocenters. The lowest BCUT2D eigenvalue weighted by atomic mass is 9.97. The number of amides is 2. The van der Waals surface area contributed by atoms with E-state index in [2.05, 4.69) is 26.0 Å². The van der Waals surface area contributed by atoms with Crippen molar-refractivity contribution in [2.75, 3.05) is 5.32 Å². The van der Waals surface area contributed by atoms with Crippen LogP contribution in [0.5, 0.6) is 0 Å². The molecule has 9 heteroatoms. The largest absolute Gasteiger partial charge is 0.480 e. The van der Waals surface area contributed by atoms with E-state index in [1.165, 1.54) is 11.7 Å². The van der Waals surface area contributed by atoms with E-state index in [0.717, 1.165) is 0 Å². The fourth-order valence-corrected chi connectivity index (χ4v) is 1.44. The number of anilines is 1. The molecule has 3 N–H and O–H groups in total. The summed E-state index contributed by atoms with van der Waals surface area (Å²) in [5.74, 6) is -1.08. The SMILES string of the molecule is CCCC(C)(NC(=O)Nc1nnn(C)n1)C(=O)O. The number of carbonyl (C=O) groups is 2. The molecule has 1 aromatic heterocycles. The number of nitrogens with zero attached hydrogens (tertiary/aromatic N) is 4. The van der Waals surface area contributed by atoms with Crippen LogP contribution in [0.4, 0.5) is 10.7 Å². The first-order chi connectivity index (χ1) is 8.37. The summed E-state index contributed by atoms with van der Waals surface area (Å²) in [4.78, 5) is 23.9. The van der Waals surface area contributed by atoms with E-state index < -0.39 is 17.5 Å². The Labute approximate surface area is 104 Å². The van der Waals surface area contributed by atoms with Gasteiger partial charge >= 0.3 is 12.0 Å². The summed E-state index contributed by atoms with van der Waals surface area (Å²) in [7, 11) is 1.55. The maximum Gasteiger partial charge on any atom is 0.329 e. The molecule has 0 spiro atoms. The lowest BCUT2D eigenvalue weighted by molar-refractivity contribution is -0.143. The van der Waals surface area contributed by atoms with Crippen molar-refractivity contribution in [3.8, 4) is 0 Å². The number of rotatable bonds is 5. The Balaban J connectivity index is 2.65. The van der Waals surface area contributed by atoms with Crippen LogP contribution in [0.1, 0.15) is 26.7 Å². The number of carbonyl (C=O) groups excluding carboxylic acids is 1. The predicted octanol–water partition coefficient (Wildman–Crippen LogP) is -0.0250. The molecule has 9 nitrogen and oxygen atoms in total. The Morgan fingerprint density at radius 1 is 1.50 bits per heavy atom. The van der Waals surface area contributed by atoms with Gasteiger partial charge in [0.2, 0.25) is 0 Å². The van der Waals surface area contributed by atoms with E-state index in [1.807, 2.05) is 6.92 Å². The Morgan fingerprint density at radius 2 is 2.17 bits per heavy atom. The second-order valence-electron chi connectivity index (χ2n) is 4.07. The van der Waals surface area contributed by atoms with Gasteiger partial charge in [0.25, 0.3) is 5.95 Å². The third kappa shape index (κ3) is 3.40. The van der Waals surface area contributed by atoms with Crippen molar-refractivity contribution in [2.24, 2.45) is 7.05 Å². The Kier molecular flexibility index (Phi) is 4.18. The van der Waals surface area contributed by atoms with Crippen LogP contribution < -0.4 is 10.6 Å². The summed E-state index contributed by atoms with van der Waals surface area (Å²) in [5, 5.41) is 24.6. The average Bonchev–Trinajstić information content (AvgIpc) is 2.63. The molecule has 0 bridgehead atoms. The summed E-state index contributed by atoms with van der Waals surface area (Å²) in [6, 6.07) is -0.679. The molecule has 0 aliphatic carbocycles. The van der Waals surface area contributed by atoms with Crippen LogP contribution in [0, 0.1) is 0 Å². The van der Waals surface area contributed by atoms with Gasteiger partial charge in [0.1, 0.15) is 5.54 Å². The van der Waals surface area contributed by atoms with Crippen LogP contribution in [-0.2, 0) is 11.8 Å². The molecule has 18 heavy (non-hydrogen) atoms. The van der Waals surface area contributed by atoms with Crippen molar-refractivity contribution in [1.82, 2.24) is 25.5 Å². The number of nitrogens with one attached hydrogen (secondary N) is 2. The predicted molar refractivity (Wildman–Crippen MR) is 61.9 cm³/mol. The van der Waals surface area contributed by atoms with Crippen molar-refractivity contribution in [3.05, 3.63) is 0 Å². The molecule has 0 saturated carbocycles. The first kappa shape index (κ1) is 13.9. The normalized spacial score (nSPS) is 13.7. The summed E-state index contributed by atoms with van der Waals surface area (Å²) in [6.07, 6.45) is 0.954. The molecule has 1 rings (SSSR count). The van der Waals surface area contributed by atoms with Crippen LogP contribution in [0.15, 0.2) is 0 Å². The van der Waals surface area contributed by atoms with Gasteiger partial charge in [-0.25, -0.2) is 9.59 Å². The van der Waals surface area contributed by atoms with Crippen LogP contribution in [0.3, 0.4) is 0 Å². The minimum atomic E-state index is -1.32. The molecular weight excluding hydrogens is 240 g/mol. The Hall–Kier alpha value is -2.19. The second kappa shape index (κ2) is 5.43. The number of aromatic nitrogens is 4. The fourth-order valence-electron chi connectivity index (χ4n) is 1.44. The highest BCUT2D eigenvalue weighted by Crippen LogP contribution is 2.12. The minimum Gasteiger partial charge on any atom is -0.480 e. The fraction of sp³-hybridized carbons (Fsp3) is 0.667. The molecule has 0 aliphatic rings. The standard InChI is InChI=1S/C9H16N6O3/c1-4-5-9(2,6(16)17)11-8(18)10-7-12-14-15(3)13-7/h4-5H2,1-3H3,(H,16,17)(H2,10,11,13,18). The first-order valence-corrected chi connectivity index (χ1v) is 5.44. The highest BCUT2D eigenvalue weighted by molar-refractivity contribution is 5.92. The van der Waals surface area contributed by atoms with Crippen molar-refractivity contribution >= 4 is 17.9 Å². The summed E-state index contributed by atoms with van der Waals surface area (Å²) in [5.41, 5.74) is -1.32. The van der Waals surface area contributed by atoms with Gasteiger partial charge in [-0.05, 0) is 18.6 Å². The molecule has 0 radical (unpaired) electrons. The Morgan fingerprint density at radius 3 is 2.61 bits per heavy atom. The van der Waals surface area contributed by atoms with Crippen LogP contribution in [0.2, 0.25) is 0 Å². The lowest BCUT2D eigenvalue weighted by Crippen LogP contribution is -2.53. The van der Waals surface area contributed by atoms with Gasteiger partial charge in [0.05, 0.1) is 7.05 Å². The molecule has 0 aliphatic heterocycles. The Bertz CT molecular complexity index is 445. The van der Waals surface area contributed by atoms with Gasteiger partial charge in [0.15, 0.2) is 0 Å². The topological polar surface area (TPSA) is 122 Å². The van der Waals surface area contributed by atoms with Crippen LogP contribution >= 0.6 is 0 Å². The first-order valence-electron chi connectivity index (χ1n) is 5.44. The van der Waals surface area contributed by atoms with Gasteiger partial charge in [-0.3, -0.25) is 5.32 Å². The molecular formula is C9H16N6O3. The molecule has 1 aromatic rings. The van der Waals surface area contributed by atoms with Crippen molar-refractivity contribution in [3.63, 3.8) is 0 Å². The third-order valence-corrected chi connectivity index (χ3v) is 2.35. The third-order valence-electron chi connectivity index (χ3n) is 2.35. The summed E-state index contributed by atoms with van der Waals surface area (Å²) >= 11 is 0. The molecule has 0 fully saturated rings. The van der Waals surface area contributed by atoms with E-state index in [-0.39, 0.29) is 5.95 Å². The second-order valence-corrected chi connectivity index (χ2v) is 4.07. The number of urea groups is 1. The van der Waals surface area contributed by atoms with Gasteiger partial charge < -0.3 is 10.4 Å². The zero-order valence-corrected chi connectivity index (χ0v) is 10.5. The van der Waals surface area contributed by atoms with Crippen LogP contribution in [-0.4, -0.2) is 42.9 Å². The average molecular weight is 256 g/mol. The smallest absolute Gasteiger partial charge is 0.329 e. The molecule has 0 saturated heterocycles. The number of hydrogen-bond donors (Lipinski definition) is 3. The van der Waals surface area contributed by atoms with Gasteiger partial charge in [-0.15, -0.1) is 5.10 Å². The maximum atomic E-state index is 11.6. The number of aliphatic carboxylic acids is 1. The van der Waals surface area contributed by atoms with Crippen LogP contribution in [0.25, 0.3) is 0 Å². The quantitative estimate of drug-likeness (QED) is 0.680. The van der Waals surface area contributed by atoms with E-state index >= 15 is 0 Å². The number of carboxylic acids is 1. The van der Waals surface area contributed by atoms with Crippen molar-refractivity contribution < 1.29 is 14.7 Å². The lowest BCUT2D eigenvalue weighted by Gasteiger charge is -2.25. The minimum absolute atomic E-state index is 0.0132.